The summed E-state index contributed by atoms with van der Waals surface area (Å²) in [4.78, 5) is 2.32. The van der Waals surface area contributed by atoms with Crippen LogP contribution >= 0.6 is 0 Å². The average molecular weight is 376 g/mol. The van der Waals surface area contributed by atoms with Crippen molar-refractivity contribution in [2.24, 2.45) is 0 Å². The highest BCUT2D eigenvalue weighted by Gasteiger charge is 2.36. The molecule has 0 saturated carbocycles. The fraction of sp³-hybridized carbons (Fsp3) is 0.600. The quantitative estimate of drug-likeness (QED) is 0.772. The molecule has 0 amide bonds. The van der Waals surface area contributed by atoms with Crippen LogP contribution in [0, 0.1) is 0 Å². The first kappa shape index (κ1) is 19.3. The summed E-state index contributed by atoms with van der Waals surface area (Å²) >= 11 is 0. The molecule has 1 aliphatic heterocycles. The molecule has 1 aromatic carbocycles. The molecule has 1 fully saturated rings. The molecule has 0 unspecified atom stereocenters. The van der Waals surface area contributed by atoms with Crippen LogP contribution in [0.25, 0.3) is 0 Å². The predicted octanol–water partition coefficient (Wildman–Crippen LogP) is 0.650. The molecule has 0 radical (unpaired) electrons. The maximum Gasteiger partial charge on any atom is 0.243 e. The van der Waals surface area contributed by atoms with Crippen molar-refractivity contribution < 1.29 is 16.8 Å². The summed E-state index contributed by atoms with van der Waals surface area (Å²) in [5, 5.41) is 0. The van der Waals surface area contributed by atoms with Gasteiger partial charge in [-0.2, -0.15) is 4.31 Å². The Hall–Kier alpha value is -1.00. The molecule has 1 aliphatic rings. The van der Waals surface area contributed by atoms with E-state index in [0.29, 0.717) is 13.1 Å². The minimum Gasteiger partial charge on any atom is -0.301 e. The first-order chi connectivity index (χ1) is 11.0. The maximum absolute atomic E-state index is 12.9. The van der Waals surface area contributed by atoms with E-state index in [9.17, 15) is 16.8 Å². The van der Waals surface area contributed by atoms with Gasteiger partial charge in [0.05, 0.1) is 9.79 Å². The Morgan fingerprint density at radius 2 is 1.42 bits per heavy atom. The number of rotatable bonds is 4. The molecule has 9 heteroatoms. The smallest absolute Gasteiger partial charge is 0.243 e. The minimum atomic E-state index is -3.65. The Kier molecular flexibility index (Phi) is 5.41. The lowest BCUT2D eigenvalue weighted by Crippen LogP contribution is -2.57. The third kappa shape index (κ3) is 3.36. The number of hydrogen-bond acceptors (Lipinski definition) is 5. The second kappa shape index (κ2) is 6.72. The molecule has 2 atom stereocenters. The first-order valence-electron chi connectivity index (χ1n) is 7.74. The highest BCUT2D eigenvalue weighted by atomic mass is 32.2. The van der Waals surface area contributed by atoms with Gasteiger partial charge >= 0.3 is 0 Å². The molecule has 2 rings (SSSR count). The van der Waals surface area contributed by atoms with E-state index in [1.165, 1.54) is 42.7 Å². The summed E-state index contributed by atoms with van der Waals surface area (Å²) in [5.74, 6) is 0. The molecule has 0 bridgehead atoms. The molecule has 0 aromatic heterocycles. The van der Waals surface area contributed by atoms with Gasteiger partial charge in [0, 0.05) is 39.3 Å². The summed E-state index contributed by atoms with van der Waals surface area (Å²) in [7, 11) is -2.37. The molecule has 7 nitrogen and oxygen atoms in total. The fourth-order valence-electron chi connectivity index (χ4n) is 2.74. The van der Waals surface area contributed by atoms with Crippen LogP contribution in [-0.2, 0) is 20.0 Å². The molecule has 0 spiro atoms. The van der Waals surface area contributed by atoms with Gasteiger partial charge in [-0.15, -0.1) is 0 Å². The van der Waals surface area contributed by atoms with E-state index < -0.39 is 20.0 Å². The lowest BCUT2D eigenvalue weighted by molar-refractivity contribution is 0.109. The number of likely N-dealkylation sites (N-methyl/N-ethyl adjacent to an activating group) is 1. The number of hydrogen-bond donors (Lipinski definition) is 0. The van der Waals surface area contributed by atoms with Crippen molar-refractivity contribution in [2.75, 3.05) is 34.2 Å². The van der Waals surface area contributed by atoms with Gasteiger partial charge in [-0.05, 0) is 45.2 Å². The van der Waals surface area contributed by atoms with Crippen LogP contribution in [0.5, 0.6) is 0 Å². The third-order valence-electron chi connectivity index (χ3n) is 4.73. The van der Waals surface area contributed by atoms with Gasteiger partial charge in [0.25, 0.3) is 0 Å². The summed E-state index contributed by atoms with van der Waals surface area (Å²) < 4.78 is 52.5. The standard InChI is InChI=1S/C15H25N3O4S2/c1-12-13(2)18(11-10-17(12)5)24(21,22)15-8-6-14(7-9-15)23(19,20)16(3)4/h6-9,12-13H,10-11H2,1-5H3/t12-,13-/m1/s1. The van der Waals surface area contributed by atoms with Gasteiger partial charge in [-0.3, -0.25) is 0 Å². The van der Waals surface area contributed by atoms with E-state index in [0.717, 1.165) is 4.31 Å². The average Bonchev–Trinajstić information content (AvgIpc) is 2.52. The predicted molar refractivity (Wildman–Crippen MR) is 92.8 cm³/mol. The molecule has 1 heterocycles. The van der Waals surface area contributed by atoms with Crippen LogP contribution in [0.15, 0.2) is 34.1 Å². The minimum absolute atomic E-state index is 0.0752. The highest BCUT2D eigenvalue weighted by molar-refractivity contribution is 7.89. The van der Waals surface area contributed by atoms with Crippen molar-refractivity contribution in [3.8, 4) is 0 Å². The lowest BCUT2D eigenvalue weighted by Gasteiger charge is -2.42. The van der Waals surface area contributed by atoms with Gasteiger partial charge in [0.1, 0.15) is 0 Å². The summed E-state index contributed by atoms with van der Waals surface area (Å²) in [6.07, 6.45) is 0. The Morgan fingerprint density at radius 3 is 1.92 bits per heavy atom. The zero-order chi connectivity index (χ0) is 18.3. The zero-order valence-corrected chi connectivity index (χ0v) is 16.3. The van der Waals surface area contributed by atoms with Crippen LogP contribution in [0.1, 0.15) is 13.8 Å². The SMILES string of the molecule is C[C@@H]1[C@@H](C)N(S(=O)(=O)c2ccc(S(=O)(=O)N(C)C)cc2)CCN1C. The van der Waals surface area contributed by atoms with Crippen molar-refractivity contribution in [3.05, 3.63) is 24.3 Å². The third-order valence-corrected chi connectivity index (χ3v) is 8.56. The Labute approximate surface area is 145 Å². The Balaban J connectivity index is 2.34. The van der Waals surface area contributed by atoms with Crippen molar-refractivity contribution in [2.45, 2.75) is 35.7 Å². The number of nitrogens with zero attached hydrogens (tertiary/aromatic N) is 3. The van der Waals surface area contributed by atoms with Crippen LogP contribution in [-0.4, -0.2) is 76.7 Å². The second-order valence-electron chi connectivity index (χ2n) is 6.34. The van der Waals surface area contributed by atoms with Crippen LogP contribution < -0.4 is 0 Å². The lowest BCUT2D eigenvalue weighted by atomic mass is 10.1. The van der Waals surface area contributed by atoms with Crippen LogP contribution in [0.3, 0.4) is 0 Å². The normalized spacial score (nSPS) is 24.4. The monoisotopic (exact) mass is 375 g/mol. The van der Waals surface area contributed by atoms with Gasteiger partial charge in [0.15, 0.2) is 0 Å². The topological polar surface area (TPSA) is 78.0 Å². The summed E-state index contributed by atoms with van der Waals surface area (Å²) in [6.45, 7) is 4.97. The molecule has 0 N–H and O–H groups in total. The van der Waals surface area contributed by atoms with Gasteiger partial charge in [0.2, 0.25) is 20.0 Å². The maximum atomic E-state index is 12.9. The van der Waals surface area contributed by atoms with E-state index in [1.807, 2.05) is 20.9 Å². The molecule has 1 aromatic rings. The summed E-state index contributed by atoms with van der Waals surface area (Å²) in [5.41, 5.74) is 0. The highest BCUT2D eigenvalue weighted by Crippen LogP contribution is 2.25. The first-order valence-corrected chi connectivity index (χ1v) is 10.6. The van der Waals surface area contributed by atoms with E-state index in [2.05, 4.69) is 4.90 Å². The molecular formula is C15H25N3O4S2. The number of sulfonamides is 2. The van der Waals surface area contributed by atoms with Crippen LogP contribution in [0.2, 0.25) is 0 Å². The Bertz CT molecular complexity index is 789. The molecular weight excluding hydrogens is 350 g/mol. The Morgan fingerprint density at radius 1 is 0.917 bits per heavy atom. The van der Waals surface area contributed by atoms with Crippen molar-refractivity contribution in [3.63, 3.8) is 0 Å². The largest absolute Gasteiger partial charge is 0.301 e. The van der Waals surface area contributed by atoms with Crippen molar-refractivity contribution in [1.82, 2.24) is 13.5 Å². The number of benzene rings is 1. The second-order valence-corrected chi connectivity index (χ2v) is 10.4. The molecule has 1 saturated heterocycles. The molecule has 24 heavy (non-hydrogen) atoms. The van der Waals surface area contributed by atoms with Gasteiger partial charge in [-0.1, -0.05) is 0 Å². The van der Waals surface area contributed by atoms with Crippen molar-refractivity contribution in [1.29, 1.82) is 0 Å². The van der Waals surface area contributed by atoms with E-state index in [-0.39, 0.29) is 21.9 Å². The van der Waals surface area contributed by atoms with Gasteiger partial charge in [-0.25, -0.2) is 21.1 Å². The summed E-state index contributed by atoms with van der Waals surface area (Å²) in [6, 6.07) is 5.36. The van der Waals surface area contributed by atoms with E-state index in [1.54, 1.807) is 0 Å². The van der Waals surface area contributed by atoms with Gasteiger partial charge < -0.3 is 4.90 Å². The van der Waals surface area contributed by atoms with Crippen LogP contribution in [0.4, 0.5) is 0 Å². The number of piperazine rings is 1. The molecule has 0 aliphatic carbocycles. The van der Waals surface area contributed by atoms with E-state index in [4.69, 9.17) is 0 Å². The molecule has 136 valence electrons. The van der Waals surface area contributed by atoms with Crippen molar-refractivity contribution >= 4 is 20.0 Å². The zero-order valence-electron chi connectivity index (χ0n) is 14.7. The van der Waals surface area contributed by atoms with E-state index >= 15 is 0 Å². The fourth-order valence-corrected chi connectivity index (χ4v) is 5.33.